The quantitative estimate of drug-likeness (QED) is 0.524. The first-order valence-corrected chi connectivity index (χ1v) is 11.4. The average Bonchev–Trinajstić information content (AvgIpc) is 2.87. The average molecular weight is 476 g/mol. The Kier molecular flexibility index (Phi) is 7.00. The normalized spacial score (nSPS) is 14.9. The van der Waals surface area contributed by atoms with Gasteiger partial charge in [-0.1, -0.05) is 38.1 Å². The number of hydrogen-bond donors (Lipinski definition) is 1. The molecule has 8 nitrogen and oxygen atoms in total. The van der Waals surface area contributed by atoms with Crippen LogP contribution in [0.2, 0.25) is 0 Å². The molecule has 182 valence electrons. The fourth-order valence-electron chi connectivity index (χ4n) is 4.28. The highest BCUT2D eigenvalue weighted by molar-refractivity contribution is 6.04. The zero-order chi connectivity index (χ0) is 25.1. The standard InChI is InChI=1S/C27H29N3O5/c1-15(2)16-6-8-17(9-7-16)18-10-21-20(22(31)11-18)14-28-27(29-21)30-26(32)19-12-23(33-3)25(35-5)24(13-19)34-4/h6-9,12-15,18H,10-11H2,1-5H3,(H,28,29,30,32)/t18-/m0/s1. The van der Waals surface area contributed by atoms with Crippen LogP contribution in [0.5, 0.6) is 17.2 Å². The third-order valence-electron chi connectivity index (χ3n) is 6.27. The lowest BCUT2D eigenvalue weighted by Crippen LogP contribution is -2.22. The third kappa shape index (κ3) is 4.96. The zero-order valence-corrected chi connectivity index (χ0v) is 20.5. The molecule has 35 heavy (non-hydrogen) atoms. The van der Waals surface area contributed by atoms with E-state index < -0.39 is 5.91 Å². The Hall–Kier alpha value is -3.94. The molecule has 1 N–H and O–H groups in total. The summed E-state index contributed by atoms with van der Waals surface area (Å²) in [6, 6.07) is 11.5. The topological polar surface area (TPSA) is 99.6 Å². The molecule has 0 saturated heterocycles. The Labute approximate surface area is 204 Å². The van der Waals surface area contributed by atoms with E-state index in [1.807, 2.05) is 0 Å². The first-order valence-electron chi connectivity index (χ1n) is 11.4. The van der Waals surface area contributed by atoms with Gasteiger partial charge in [-0.3, -0.25) is 14.9 Å². The molecule has 0 aliphatic heterocycles. The second-order valence-corrected chi connectivity index (χ2v) is 8.77. The molecule has 1 aromatic heterocycles. The fourth-order valence-corrected chi connectivity index (χ4v) is 4.28. The summed E-state index contributed by atoms with van der Waals surface area (Å²) in [4.78, 5) is 34.5. The maximum Gasteiger partial charge on any atom is 0.258 e. The third-order valence-corrected chi connectivity index (χ3v) is 6.27. The predicted octanol–water partition coefficient (Wildman–Crippen LogP) is 4.79. The van der Waals surface area contributed by atoms with Crippen LogP contribution in [0, 0.1) is 0 Å². The van der Waals surface area contributed by atoms with Crippen LogP contribution < -0.4 is 19.5 Å². The van der Waals surface area contributed by atoms with Crippen LogP contribution >= 0.6 is 0 Å². The molecule has 0 bridgehead atoms. The molecule has 1 atom stereocenters. The number of aromatic nitrogens is 2. The minimum absolute atomic E-state index is 0.00619. The lowest BCUT2D eigenvalue weighted by molar-refractivity contribution is 0.0962. The van der Waals surface area contributed by atoms with Crippen molar-refractivity contribution in [2.24, 2.45) is 0 Å². The maximum absolute atomic E-state index is 12.9. The molecule has 0 saturated carbocycles. The Balaban J connectivity index is 1.56. The van der Waals surface area contributed by atoms with Crippen molar-refractivity contribution in [3.05, 3.63) is 70.5 Å². The van der Waals surface area contributed by atoms with Crippen molar-refractivity contribution in [2.75, 3.05) is 26.6 Å². The van der Waals surface area contributed by atoms with Gasteiger partial charge in [-0.15, -0.1) is 0 Å². The number of nitrogens with zero attached hydrogens (tertiary/aromatic N) is 2. The number of hydrogen-bond acceptors (Lipinski definition) is 7. The minimum Gasteiger partial charge on any atom is -0.493 e. The summed E-state index contributed by atoms with van der Waals surface area (Å²) in [5.74, 6) is 1.29. The largest absolute Gasteiger partial charge is 0.493 e. The lowest BCUT2D eigenvalue weighted by atomic mass is 9.81. The number of anilines is 1. The molecule has 0 unspecified atom stereocenters. The summed E-state index contributed by atoms with van der Waals surface area (Å²) >= 11 is 0. The molecular weight excluding hydrogens is 446 g/mol. The van der Waals surface area contributed by atoms with Crippen LogP contribution in [0.25, 0.3) is 0 Å². The number of methoxy groups -OCH3 is 3. The van der Waals surface area contributed by atoms with E-state index in [9.17, 15) is 9.59 Å². The van der Waals surface area contributed by atoms with Gasteiger partial charge < -0.3 is 14.2 Å². The van der Waals surface area contributed by atoms with E-state index >= 15 is 0 Å². The molecule has 3 aromatic rings. The zero-order valence-electron chi connectivity index (χ0n) is 20.5. The molecule has 0 spiro atoms. The van der Waals surface area contributed by atoms with E-state index in [-0.39, 0.29) is 17.6 Å². The monoisotopic (exact) mass is 475 g/mol. The van der Waals surface area contributed by atoms with Crippen molar-refractivity contribution < 1.29 is 23.8 Å². The molecule has 1 aliphatic rings. The van der Waals surface area contributed by atoms with Crippen LogP contribution in [0.1, 0.15) is 69.6 Å². The van der Waals surface area contributed by atoms with E-state index in [2.05, 4.69) is 53.4 Å². The SMILES string of the molecule is COc1cc(C(=O)Nc2ncc3c(n2)C[C@H](c2ccc(C(C)C)cc2)CC3=O)cc(OC)c1OC. The minimum atomic E-state index is -0.438. The summed E-state index contributed by atoms with van der Waals surface area (Å²) < 4.78 is 16.0. The Bertz CT molecular complexity index is 1230. The number of ether oxygens (including phenoxy) is 3. The molecular formula is C27H29N3O5. The maximum atomic E-state index is 12.9. The van der Waals surface area contributed by atoms with Gasteiger partial charge in [-0.25, -0.2) is 9.97 Å². The van der Waals surface area contributed by atoms with Gasteiger partial charge in [0.05, 0.1) is 32.6 Å². The Morgan fingerprint density at radius 2 is 1.66 bits per heavy atom. The molecule has 1 amide bonds. The number of rotatable bonds is 7. The number of carbonyl (C=O) groups excluding carboxylic acids is 2. The summed E-state index contributed by atoms with van der Waals surface area (Å²) in [5.41, 5.74) is 3.80. The first-order chi connectivity index (χ1) is 16.8. The second kappa shape index (κ2) is 10.1. The first kappa shape index (κ1) is 24.2. The van der Waals surface area contributed by atoms with E-state index in [1.54, 1.807) is 12.1 Å². The molecule has 0 fully saturated rings. The van der Waals surface area contributed by atoms with E-state index in [0.717, 1.165) is 5.56 Å². The number of benzene rings is 2. The molecule has 2 aromatic carbocycles. The van der Waals surface area contributed by atoms with Crippen LogP contribution in [0.4, 0.5) is 5.95 Å². The van der Waals surface area contributed by atoms with Crippen LogP contribution in [-0.4, -0.2) is 43.0 Å². The van der Waals surface area contributed by atoms with Gasteiger partial charge in [0, 0.05) is 18.2 Å². The number of ketones is 1. The summed E-state index contributed by atoms with van der Waals surface area (Å²) in [6.07, 6.45) is 2.50. The number of nitrogens with one attached hydrogen (secondary N) is 1. The Morgan fingerprint density at radius 1 is 1.00 bits per heavy atom. The van der Waals surface area contributed by atoms with Crippen molar-refractivity contribution in [3.8, 4) is 17.2 Å². The van der Waals surface area contributed by atoms with Gasteiger partial charge >= 0.3 is 0 Å². The number of fused-ring (bicyclic) bond motifs is 1. The van der Waals surface area contributed by atoms with Crippen molar-refractivity contribution in [2.45, 2.75) is 38.5 Å². The molecule has 8 heteroatoms. The number of carbonyl (C=O) groups is 2. The van der Waals surface area contributed by atoms with Crippen molar-refractivity contribution in [1.82, 2.24) is 9.97 Å². The highest BCUT2D eigenvalue weighted by Gasteiger charge is 2.28. The van der Waals surface area contributed by atoms with Crippen LogP contribution in [0.15, 0.2) is 42.6 Å². The summed E-state index contributed by atoms with van der Waals surface area (Å²) in [5, 5.41) is 2.71. The smallest absolute Gasteiger partial charge is 0.258 e. The van der Waals surface area contributed by atoms with Gasteiger partial charge in [0.1, 0.15) is 0 Å². The fraction of sp³-hybridized carbons (Fsp3) is 0.333. The van der Waals surface area contributed by atoms with Crippen molar-refractivity contribution >= 4 is 17.6 Å². The Morgan fingerprint density at radius 3 is 2.23 bits per heavy atom. The molecule has 4 rings (SSSR count). The van der Waals surface area contributed by atoms with Gasteiger partial charge in [-0.2, -0.15) is 0 Å². The van der Waals surface area contributed by atoms with Crippen molar-refractivity contribution in [3.63, 3.8) is 0 Å². The van der Waals surface area contributed by atoms with Gasteiger partial charge in [-0.05, 0) is 41.5 Å². The van der Waals surface area contributed by atoms with E-state index in [0.29, 0.717) is 52.8 Å². The van der Waals surface area contributed by atoms with Crippen molar-refractivity contribution in [1.29, 1.82) is 0 Å². The van der Waals surface area contributed by atoms with Gasteiger partial charge in [0.25, 0.3) is 5.91 Å². The highest BCUT2D eigenvalue weighted by Crippen LogP contribution is 2.38. The van der Waals surface area contributed by atoms with Crippen LogP contribution in [0.3, 0.4) is 0 Å². The second-order valence-electron chi connectivity index (χ2n) is 8.77. The lowest BCUT2D eigenvalue weighted by Gasteiger charge is -2.23. The molecule has 0 radical (unpaired) electrons. The predicted molar refractivity (Wildman–Crippen MR) is 132 cm³/mol. The number of Topliss-reactive ketones (excluding diaryl/α,β-unsaturated/α-hetero) is 1. The molecule has 1 aliphatic carbocycles. The van der Waals surface area contributed by atoms with E-state index in [1.165, 1.54) is 33.1 Å². The summed E-state index contributed by atoms with van der Waals surface area (Å²) in [6.45, 7) is 4.31. The number of amides is 1. The van der Waals surface area contributed by atoms with Gasteiger partial charge in [0.2, 0.25) is 11.7 Å². The van der Waals surface area contributed by atoms with Crippen LogP contribution in [-0.2, 0) is 6.42 Å². The summed E-state index contributed by atoms with van der Waals surface area (Å²) in [7, 11) is 4.46. The highest BCUT2D eigenvalue weighted by atomic mass is 16.5. The van der Waals surface area contributed by atoms with E-state index in [4.69, 9.17) is 14.2 Å². The molecule has 1 heterocycles. The van der Waals surface area contributed by atoms with Gasteiger partial charge in [0.15, 0.2) is 17.3 Å².